The maximum absolute atomic E-state index is 12.7. The Hall–Kier alpha value is -2.82. The topological polar surface area (TPSA) is 52.7 Å². The zero-order valence-electron chi connectivity index (χ0n) is 13.4. The molecule has 2 aromatic carbocycles. The SMILES string of the molecule is O=C(c1ccc(N2CCNC2=O)cc1)N1CCc2ccccc2C1. The highest BCUT2D eigenvalue weighted by Gasteiger charge is 2.23. The molecule has 0 spiro atoms. The zero-order valence-corrected chi connectivity index (χ0v) is 13.4. The standard InChI is InChI=1S/C19H19N3O2/c23-18(21-11-9-14-3-1-2-4-16(14)13-21)15-5-7-17(8-6-15)22-12-10-20-19(22)24/h1-8H,9-13H2,(H,20,24). The molecular weight excluding hydrogens is 302 g/mol. The molecule has 24 heavy (non-hydrogen) atoms. The van der Waals surface area contributed by atoms with Crippen molar-refractivity contribution in [1.82, 2.24) is 10.2 Å². The molecule has 5 heteroatoms. The maximum atomic E-state index is 12.7. The fourth-order valence-corrected chi connectivity index (χ4v) is 3.35. The molecule has 5 nitrogen and oxygen atoms in total. The minimum absolute atomic E-state index is 0.0435. The first-order valence-electron chi connectivity index (χ1n) is 8.24. The number of anilines is 1. The van der Waals surface area contributed by atoms with Gasteiger partial charge < -0.3 is 10.2 Å². The van der Waals surface area contributed by atoms with E-state index in [1.54, 1.807) is 4.90 Å². The van der Waals surface area contributed by atoms with Crippen molar-refractivity contribution in [3.63, 3.8) is 0 Å². The molecule has 0 unspecified atom stereocenters. The van der Waals surface area contributed by atoms with Crippen molar-refractivity contribution in [1.29, 1.82) is 0 Å². The summed E-state index contributed by atoms with van der Waals surface area (Å²) in [6.07, 6.45) is 0.897. The summed E-state index contributed by atoms with van der Waals surface area (Å²) < 4.78 is 0. The number of fused-ring (bicyclic) bond motifs is 1. The van der Waals surface area contributed by atoms with E-state index in [0.29, 0.717) is 25.2 Å². The molecule has 0 atom stereocenters. The van der Waals surface area contributed by atoms with Gasteiger partial charge in [0, 0.05) is 37.4 Å². The summed E-state index contributed by atoms with van der Waals surface area (Å²) in [5.41, 5.74) is 4.04. The first kappa shape index (κ1) is 14.8. The van der Waals surface area contributed by atoms with Crippen LogP contribution in [0.25, 0.3) is 0 Å². The minimum Gasteiger partial charge on any atom is -0.336 e. The molecule has 0 aromatic heterocycles. The van der Waals surface area contributed by atoms with Gasteiger partial charge in [0.2, 0.25) is 0 Å². The number of benzene rings is 2. The van der Waals surface area contributed by atoms with Gasteiger partial charge in [0.25, 0.3) is 5.91 Å². The number of hydrogen-bond acceptors (Lipinski definition) is 2. The molecule has 0 bridgehead atoms. The molecule has 122 valence electrons. The number of nitrogens with one attached hydrogen (secondary N) is 1. The van der Waals surface area contributed by atoms with E-state index in [9.17, 15) is 9.59 Å². The smallest absolute Gasteiger partial charge is 0.321 e. The summed E-state index contributed by atoms with van der Waals surface area (Å²) in [6, 6.07) is 15.5. The van der Waals surface area contributed by atoms with E-state index >= 15 is 0 Å². The number of carbonyl (C=O) groups excluding carboxylic acids is 2. The van der Waals surface area contributed by atoms with Crippen molar-refractivity contribution in [3.8, 4) is 0 Å². The van der Waals surface area contributed by atoms with E-state index in [2.05, 4.69) is 17.4 Å². The van der Waals surface area contributed by atoms with Crippen molar-refractivity contribution in [2.75, 3.05) is 24.5 Å². The van der Waals surface area contributed by atoms with Gasteiger partial charge in [-0.15, -0.1) is 0 Å². The fourth-order valence-electron chi connectivity index (χ4n) is 3.35. The average Bonchev–Trinajstić information content (AvgIpc) is 3.07. The Bertz CT molecular complexity index is 785. The molecule has 1 fully saturated rings. The molecule has 0 aliphatic carbocycles. The van der Waals surface area contributed by atoms with Gasteiger partial charge >= 0.3 is 6.03 Å². The van der Waals surface area contributed by atoms with Gasteiger partial charge in [-0.25, -0.2) is 4.79 Å². The molecule has 2 aliphatic heterocycles. The summed E-state index contributed by atoms with van der Waals surface area (Å²) in [4.78, 5) is 28.0. The number of nitrogens with zero attached hydrogens (tertiary/aromatic N) is 2. The van der Waals surface area contributed by atoms with Gasteiger partial charge in [0.1, 0.15) is 0 Å². The van der Waals surface area contributed by atoms with Gasteiger partial charge in [-0.1, -0.05) is 24.3 Å². The first-order valence-corrected chi connectivity index (χ1v) is 8.24. The molecular formula is C19H19N3O2. The van der Waals surface area contributed by atoms with Gasteiger partial charge in [-0.05, 0) is 41.8 Å². The molecule has 0 saturated carbocycles. The van der Waals surface area contributed by atoms with Crippen LogP contribution < -0.4 is 10.2 Å². The molecule has 0 radical (unpaired) electrons. The lowest BCUT2D eigenvalue weighted by Crippen LogP contribution is -2.36. The molecule has 1 N–H and O–H groups in total. The van der Waals surface area contributed by atoms with Gasteiger partial charge in [0.15, 0.2) is 0 Å². The molecule has 2 heterocycles. The molecule has 1 saturated heterocycles. The Morgan fingerprint density at radius 1 is 0.958 bits per heavy atom. The second kappa shape index (κ2) is 6.00. The predicted molar refractivity (Wildman–Crippen MR) is 92.1 cm³/mol. The van der Waals surface area contributed by atoms with Crippen molar-refractivity contribution < 1.29 is 9.59 Å². The van der Waals surface area contributed by atoms with Crippen LogP contribution in [0.4, 0.5) is 10.5 Å². The first-order chi connectivity index (χ1) is 11.7. The number of amides is 3. The second-order valence-corrected chi connectivity index (χ2v) is 6.18. The highest BCUT2D eigenvalue weighted by molar-refractivity contribution is 5.97. The fraction of sp³-hybridized carbons (Fsp3) is 0.263. The van der Waals surface area contributed by atoms with E-state index in [4.69, 9.17) is 0 Å². The summed E-state index contributed by atoms with van der Waals surface area (Å²) in [7, 11) is 0. The van der Waals surface area contributed by atoms with E-state index in [1.165, 1.54) is 11.1 Å². The number of rotatable bonds is 2. The third kappa shape index (κ3) is 2.62. The predicted octanol–water partition coefficient (Wildman–Crippen LogP) is 2.41. The maximum Gasteiger partial charge on any atom is 0.321 e. The summed E-state index contributed by atoms with van der Waals surface area (Å²) in [5, 5.41) is 2.78. The van der Waals surface area contributed by atoms with Gasteiger partial charge in [-0.2, -0.15) is 0 Å². The lowest BCUT2D eigenvalue weighted by atomic mass is 9.99. The summed E-state index contributed by atoms with van der Waals surface area (Å²) in [6.45, 7) is 2.72. The number of urea groups is 1. The number of hydrogen-bond donors (Lipinski definition) is 1. The summed E-state index contributed by atoms with van der Waals surface area (Å²) in [5.74, 6) is 0.0435. The van der Waals surface area contributed by atoms with Gasteiger partial charge in [-0.3, -0.25) is 9.69 Å². The molecule has 3 amide bonds. The quantitative estimate of drug-likeness (QED) is 0.923. The highest BCUT2D eigenvalue weighted by Crippen LogP contribution is 2.22. The Kier molecular flexibility index (Phi) is 3.69. The monoisotopic (exact) mass is 321 g/mol. The molecule has 2 aromatic rings. The Balaban J connectivity index is 1.50. The van der Waals surface area contributed by atoms with Crippen molar-refractivity contribution in [2.45, 2.75) is 13.0 Å². The van der Waals surface area contributed by atoms with Crippen LogP contribution in [0.5, 0.6) is 0 Å². The zero-order chi connectivity index (χ0) is 16.5. The average molecular weight is 321 g/mol. The van der Waals surface area contributed by atoms with Crippen molar-refractivity contribution in [3.05, 3.63) is 65.2 Å². The van der Waals surface area contributed by atoms with E-state index in [1.807, 2.05) is 41.3 Å². The highest BCUT2D eigenvalue weighted by atomic mass is 16.2. The Morgan fingerprint density at radius 3 is 2.42 bits per heavy atom. The van der Waals surface area contributed by atoms with Crippen LogP contribution in [0.3, 0.4) is 0 Å². The normalized spacial score (nSPS) is 16.8. The third-order valence-corrected chi connectivity index (χ3v) is 4.70. The number of carbonyl (C=O) groups is 2. The van der Waals surface area contributed by atoms with Crippen LogP contribution >= 0.6 is 0 Å². The van der Waals surface area contributed by atoms with E-state index in [0.717, 1.165) is 18.7 Å². The van der Waals surface area contributed by atoms with Crippen LogP contribution in [-0.2, 0) is 13.0 Å². The van der Waals surface area contributed by atoms with Crippen LogP contribution in [0.15, 0.2) is 48.5 Å². The molecule has 2 aliphatic rings. The van der Waals surface area contributed by atoms with Crippen LogP contribution in [-0.4, -0.2) is 36.5 Å². The van der Waals surface area contributed by atoms with E-state index in [-0.39, 0.29) is 11.9 Å². The molecule has 4 rings (SSSR count). The summed E-state index contributed by atoms with van der Waals surface area (Å²) >= 11 is 0. The van der Waals surface area contributed by atoms with Gasteiger partial charge in [0.05, 0.1) is 0 Å². The van der Waals surface area contributed by atoms with Crippen molar-refractivity contribution >= 4 is 17.6 Å². The Labute approximate surface area is 140 Å². The second-order valence-electron chi connectivity index (χ2n) is 6.18. The van der Waals surface area contributed by atoms with Crippen molar-refractivity contribution in [2.24, 2.45) is 0 Å². The minimum atomic E-state index is -0.0817. The van der Waals surface area contributed by atoms with Crippen LogP contribution in [0.2, 0.25) is 0 Å². The largest absolute Gasteiger partial charge is 0.336 e. The van der Waals surface area contributed by atoms with E-state index < -0.39 is 0 Å². The lowest BCUT2D eigenvalue weighted by molar-refractivity contribution is 0.0734. The van der Waals surface area contributed by atoms with Crippen LogP contribution in [0, 0.1) is 0 Å². The third-order valence-electron chi connectivity index (χ3n) is 4.70. The lowest BCUT2D eigenvalue weighted by Gasteiger charge is -2.29. The Morgan fingerprint density at radius 2 is 1.71 bits per heavy atom. The van der Waals surface area contributed by atoms with Crippen LogP contribution in [0.1, 0.15) is 21.5 Å².